The first-order valence-corrected chi connectivity index (χ1v) is 9.40. The van der Waals surface area contributed by atoms with Crippen LogP contribution in [0.2, 0.25) is 0 Å². The number of aliphatic carboxylic acids is 1. The summed E-state index contributed by atoms with van der Waals surface area (Å²) in [4.78, 5) is 29.5. The molecule has 0 bridgehead atoms. The van der Waals surface area contributed by atoms with Crippen LogP contribution in [0, 0.1) is 5.92 Å². The van der Waals surface area contributed by atoms with Crippen LogP contribution in [0.15, 0.2) is 29.6 Å². The van der Waals surface area contributed by atoms with Crippen LogP contribution >= 0.6 is 11.3 Å². The number of carboxylic acids is 1. The summed E-state index contributed by atoms with van der Waals surface area (Å²) in [5.41, 5.74) is 1.15. The maximum atomic E-state index is 12.4. The summed E-state index contributed by atoms with van der Waals surface area (Å²) in [6.07, 6.45) is -3.48. The highest BCUT2D eigenvalue weighted by Gasteiger charge is 2.31. The van der Waals surface area contributed by atoms with Crippen LogP contribution < -0.4 is 4.74 Å². The van der Waals surface area contributed by atoms with Gasteiger partial charge in [0.1, 0.15) is 10.8 Å². The Bertz CT molecular complexity index is 851. The summed E-state index contributed by atoms with van der Waals surface area (Å²) in [6.45, 7) is 0.728. The molecule has 1 aromatic heterocycles. The number of halogens is 3. The van der Waals surface area contributed by atoms with E-state index in [9.17, 15) is 22.8 Å². The third-order valence-corrected chi connectivity index (χ3v) is 5.28. The molecular formula is C18H17F3N2O4S. The zero-order valence-corrected chi connectivity index (χ0v) is 15.4. The summed E-state index contributed by atoms with van der Waals surface area (Å²) >= 11 is 1.28. The van der Waals surface area contributed by atoms with E-state index in [4.69, 9.17) is 5.11 Å². The molecule has 1 saturated heterocycles. The van der Waals surface area contributed by atoms with Gasteiger partial charge in [0.15, 0.2) is 0 Å². The van der Waals surface area contributed by atoms with E-state index in [1.54, 1.807) is 10.3 Å². The van der Waals surface area contributed by atoms with Crippen molar-refractivity contribution in [1.29, 1.82) is 0 Å². The topological polar surface area (TPSA) is 79.7 Å². The van der Waals surface area contributed by atoms with Gasteiger partial charge in [-0.25, -0.2) is 4.98 Å². The van der Waals surface area contributed by atoms with Crippen molar-refractivity contribution in [2.24, 2.45) is 5.92 Å². The average molecular weight is 414 g/mol. The highest BCUT2D eigenvalue weighted by molar-refractivity contribution is 7.13. The van der Waals surface area contributed by atoms with E-state index in [2.05, 4.69) is 9.72 Å². The van der Waals surface area contributed by atoms with Crippen molar-refractivity contribution in [3.05, 3.63) is 35.3 Å². The van der Waals surface area contributed by atoms with Gasteiger partial charge in [-0.2, -0.15) is 0 Å². The normalized spacial score (nSPS) is 17.4. The molecule has 3 rings (SSSR count). The van der Waals surface area contributed by atoms with Gasteiger partial charge in [0.05, 0.1) is 18.0 Å². The molecule has 150 valence electrons. The van der Waals surface area contributed by atoms with Crippen molar-refractivity contribution in [3.63, 3.8) is 0 Å². The SMILES string of the molecule is O=C(O)[C@H]1CCCN(C(=O)Cc2csc(-c3ccc(OC(F)(F)F)cc3)n2)C1. The lowest BCUT2D eigenvalue weighted by Crippen LogP contribution is -2.43. The van der Waals surface area contributed by atoms with Crippen LogP contribution in [0.3, 0.4) is 0 Å². The second-order valence-corrected chi connectivity index (χ2v) is 7.27. The van der Waals surface area contributed by atoms with E-state index in [-0.39, 0.29) is 24.6 Å². The van der Waals surface area contributed by atoms with Crippen LogP contribution in [0.5, 0.6) is 5.75 Å². The molecule has 0 spiro atoms. The number of ether oxygens (including phenoxy) is 1. The smallest absolute Gasteiger partial charge is 0.481 e. The number of amides is 1. The number of hydrogen-bond donors (Lipinski definition) is 1. The van der Waals surface area contributed by atoms with Gasteiger partial charge in [-0.15, -0.1) is 24.5 Å². The minimum atomic E-state index is -4.75. The Morgan fingerprint density at radius 3 is 2.64 bits per heavy atom. The molecule has 10 heteroatoms. The van der Waals surface area contributed by atoms with Gasteiger partial charge >= 0.3 is 12.3 Å². The highest BCUT2D eigenvalue weighted by atomic mass is 32.1. The van der Waals surface area contributed by atoms with Crippen molar-refractivity contribution in [2.75, 3.05) is 13.1 Å². The number of alkyl halides is 3. The van der Waals surface area contributed by atoms with Crippen LogP contribution in [-0.2, 0) is 16.0 Å². The fourth-order valence-corrected chi connectivity index (χ4v) is 3.82. The minimum Gasteiger partial charge on any atom is -0.481 e. The van der Waals surface area contributed by atoms with Gasteiger partial charge in [0, 0.05) is 24.0 Å². The number of piperidine rings is 1. The van der Waals surface area contributed by atoms with E-state index in [0.29, 0.717) is 35.7 Å². The van der Waals surface area contributed by atoms with Gasteiger partial charge in [0.25, 0.3) is 0 Å². The Morgan fingerprint density at radius 1 is 1.29 bits per heavy atom. The number of thiazole rings is 1. The molecule has 0 radical (unpaired) electrons. The lowest BCUT2D eigenvalue weighted by molar-refractivity contribution is -0.274. The van der Waals surface area contributed by atoms with Crippen molar-refractivity contribution in [2.45, 2.75) is 25.6 Å². The Hall–Kier alpha value is -2.62. The molecule has 1 N–H and O–H groups in total. The van der Waals surface area contributed by atoms with E-state index in [1.165, 1.54) is 35.6 Å². The molecule has 1 atom stereocenters. The number of aromatic nitrogens is 1. The second-order valence-electron chi connectivity index (χ2n) is 6.41. The summed E-state index contributed by atoms with van der Waals surface area (Å²) < 4.78 is 40.5. The maximum absolute atomic E-state index is 12.4. The third kappa shape index (κ3) is 5.22. The fourth-order valence-electron chi connectivity index (χ4n) is 2.99. The number of carbonyl (C=O) groups is 2. The third-order valence-electron chi connectivity index (χ3n) is 4.34. The van der Waals surface area contributed by atoms with Crippen molar-refractivity contribution < 1.29 is 32.6 Å². The van der Waals surface area contributed by atoms with Crippen molar-refractivity contribution in [1.82, 2.24) is 9.88 Å². The molecule has 6 nitrogen and oxygen atoms in total. The van der Waals surface area contributed by atoms with Gasteiger partial charge in [-0.1, -0.05) is 0 Å². The molecule has 1 fully saturated rings. The molecule has 0 saturated carbocycles. The standard InChI is InChI=1S/C18H17F3N2O4S/c19-18(20,21)27-14-5-3-11(4-6-14)16-22-13(10-28-16)8-15(24)23-7-1-2-12(9-23)17(25)26/h3-6,10,12H,1-2,7-9H2,(H,25,26)/t12-/m0/s1. The number of rotatable bonds is 5. The molecule has 0 unspecified atom stereocenters. The predicted molar refractivity (Wildman–Crippen MR) is 94.9 cm³/mol. The molecule has 1 amide bonds. The van der Waals surface area contributed by atoms with Crippen LogP contribution in [0.4, 0.5) is 13.2 Å². The monoisotopic (exact) mass is 414 g/mol. The lowest BCUT2D eigenvalue weighted by Gasteiger charge is -2.30. The number of carboxylic acid groups (broad SMARTS) is 1. The summed E-state index contributed by atoms with van der Waals surface area (Å²) in [7, 11) is 0. The lowest BCUT2D eigenvalue weighted by atomic mass is 9.98. The van der Waals surface area contributed by atoms with Crippen molar-refractivity contribution >= 4 is 23.2 Å². The zero-order valence-electron chi connectivity index (χ0n) is 14.6. The van der Waals surface area contributed by atoms with E-state index >= 15 is 0 Å². The number of likely N-dealkylation sites (tertiary alicyclic amines) is 1. The Morgan fingerprint density at radius 2 is 2.00 bits per heavy atom. The van der Waals surface area contributed by atoms with E-state index in [0.717, 1.165) is 0 Å². The first-order chi connectivity index (χ1) is 13.2. The first kappa shape index (κ1) is 20.1. The number of carbonyl (C=O) groups excluding carboxylic acids is 1. The van der Waals surface area contributed by atoms with Crippen LogP contribution in [0.1, 0.15) is 18.5 Å². The molecule has 1 aromatic carbocycles. The summed E-state index contributed by atoms with van der Waals surface area (Å²) in [5.74, 6) is -1.94. The van der Waals surface area contributed by atoms with Gasteiger partial charge in [-0.3, -0.25) is 9.59 Å². The highest BCUT2D eigenvalue weighted by Crippen LogP contribution is 2.28. The quantitative estimate of drug-likeness (QED) is 0.809. The van der Waals surface area contributed by atoms with Gasteiger partial charge in [0.2, 0.25) is 5.91 Å². The molecule has 1 aliphatic heterocycles. The number of nitrogens with zero attached hydrogens (tertiary/aromatic N) is 2. The average Bonchev–Trinajstić information content (AvgIpc) is 3.09. The molecular weight excluding hydrogens is 397 g/mol. The minimum absolute atomic E-state index is 0.0537. The van der Waals surface area contributed by atoms with Gasteiger partial charge in [-0.05, 0) is 37.1 Å². The number of benzene rings is 1. The van der Waals surface area contributed by atoms with Crippen molar-refractivity contribution in [3.8, 4) is 16.3 Å². The summed E-state index contributed by atoms with van der Waals surface area (Å²) in [6, 6.07) is 5.34. The summed E-state index contributed by atoms with van der Waals surface area (Å²) in [5, 5.41) is 11.4. The molecule has 28 heavy (non-hydrogen) atoms. The van der Waals surface area contributed by atoms with Crippen LogP contribution in [0.25, 0.3) is 10.6 Å². The Labute approximate surface area is 162 Å². The molecule has 2 heterocycles. The molecule has 0 aliphatic carbocycles. The van der Waals surface area contributed by atoms with E-state index < -0.39 is 18.2 Å². The second kappa shape index (κ2) is 8.17. The first-order valence-electron chi connectivity index (χ1n) is 8.52. The predicted octanol–water partition coefficient (Wildman–Crippen LogP) is 3.57. The Kier molecular flexibility index (Phi) is 5.87. The largest absolute Gasteiger partial charge is 0.573 e. The van der Waals surface area contributed by atoms with E-state index in [1.807, 2.05) is 0 Å². The van der Waals surface area contributed by atoms with Crippen LogP contribution in [-0.4, -0.2) is 46.3 Å². The maximum Gasteiger partial charge on any atom is 0.573 e. The number of hydrogen-bond acceptors (Lipinski definition) is 5. The Balaban J connectivity index is 1.62. The molecule has 1 aliphatic rings. The van der Waals surface area contributed by atoms with Gasteiger partial charge < -0.3 is 14.7 Å². The zero-order chi connectivity index (χ0) is 20.3. The molecule has 2 aromatic rings. The fraction of sp³-hybridized carbons (Fsp3) is 0.389.